The monoisotopic (exact) mass is 653 g/mol. The molecule has 5 nitrogen and oxygen atoms in total. The molecular formula is C46H31N5. The predicted molar refractivity (Wildman–Crippen MR) is 210 cm³/mol. The first-order chi connectivity index (χ1) is 25.2. The molecule has 3 aromatic heterocycles. The minimum atomic E-state index is 0.590. The second-order valence-electron chi connectivity index (χ2n) is 13.0. The summed E-state index contributed by atoms with van der Waals surface area (Å²) in [5, 5.41) is 4.78. The summed E-state index contributed by atoms with van der Waals surface area (Å²) in [6.45, 7) is 2.18. The zero-order valence-corrected chi connectivity index (χ0v) is 27.9. The highest BCUT2D eigenvalue weighted by Crippen LogP contribution is 2.38. The number of benzene rings is 7. The molecule has 51 heavy (non-hydrogen) atoms. The van der Waals surface area contributed by atoms with Crippen LogP contribution in [-0.2, 0) is 0 Å². The highest BCUT2D eigenvalue weighted by molar-refractivity contribution is 6.12. The summed E-state index contributed by atoms with van der Waals surface area (Å²) in [6.07, 6.45) is 0. The normalized spacial score (nSPS) is 11.6. The van der Waals surface area contributed by atoms with Crippen molar-refractivity contribution in [3.05, 3.63) is 175 Å². The number of aromatic nitrogens is 5. The lowest BCUT2D eigenvalue weighted by atomic mass is 10.0. The summed E-state index contributed by atoms with van der Waals surface area (Å²) >= 11 is 0. The number of hydrogen-bond donors (Lipinski definition) is 0. The number of para-hydroxylation sites is 3. The predicted octanol–water partition coefficient (Wildman–Crippen LogP) is 11.4. The molecule has 0 amide bonds. The molecule has 0 aliphatic carbocycles. The average Bonchev–Trinajstić information content (AvgIpc) is 3.71. The Morgan fingerprint density at radius 3 is 1.37 bits per heavy atom. The lowest BCUT2D eigenvalue weighted by molar-refractivity contribution is 0.953. The van der Waals surface area contributed by atoms with E-state index in [0.29, 0.717) is 17.6 Å². The van der Waals surface area contributed by atoms with Crippen molar-refractivity contribution in [1.29, 1.82) is 0 Å². The number of rotatable bonds is 5. The quantitative estimate of drug-likeness (QED) is 0.186. The molecule has 0 radical (unpaired) electrons. The van der Waals surface area contributed by atoms with Gasteiger partial charge in [0.2, 0.25) is 5.95 Å². The van der Waals surface area contributed by atoms with Gasteiger partial charge in [0.15, 0.2) is 11.6 Å². The number of hydrogen-bond acceptors (Lipinski definition) is 3. The topological polar surface area (TPSA) is 48.5 Å². The summed E-state index contributed by atoms with van der Waals surface area (Å²) in [5.74, 6) is 1.87. The van der Waals surface area contributed by atoms with Crippen LogP contribution in [0.4, 0.5) is 0 Å². The molecule has 0 aliphatic rings. The molecule has 5 heteroatoms. The average molecular weight is 654 g/mol. The van der Waals surface area contributed by atoms with E-state index >= 15 is 0 Å². The van der Waals surface area contributed by atoms with E-state index < -0.39 is 0 Å². The molecule has 0 unspecified atom stereocenters. The standard InChI is InChI=1S/C46H31N5/c1-30-14-8-11-21-39(30)50-40-22-12-9-19-35(40)37-28-33(24-26-42(37)50)34-25-27-43-38(29-34)36-20-10-13-23-41(36)51(43)46-48-44(31-15-4-2-5-16-31)47-45(49-46)32-17-6-3-7-18-32/h2-29H,1H3. The minimum Gasteiger partial charge on any atom is -0.309 e. The van der Waals surface area contributed by atoms with Gasteiger partial charge in [0.05, 0.1) is 22.1 Å². The van der Waals surface area contributed by atoms with Crippen LogP contribution in [0.15, 0.2) is 170 Å². The number of fused-ring (bicyclic) bond motifs is 6. The third kappa shape index (κ3) is 4.74. The summed E-state index contributed by atoms with van der Waals surface area (Å²) in [7, 11) is 0. The minimum absolute atomic E-state index is 0.590. The summed E-state index contributed by atoms with van der Waals surface area (Å²) < 4.78 is 4.57. The zero-order chi connectivity index (χ0) is 33.9. The molecule has 0 saturated heterocycles. The van der Waals surface area contributed by atoms with Gasteiger partial charge in [0.25, 0.3) is 0 Å². The van der Waals surface area contributed by atoms with E-state index in [4.69, 9.17) is 15.0 Å². The Hall–Kier alpha value is -6.85. The molecule has 10 rings (SSSR count). The fourth-order valence-corrected chi connectivity index (χ4v) is 7.49. The second-order valence-corrected chi connectivity index (χ2v) is 13.0. The molecule has 7 aromatic carbocycles. The van der Waals surface area contributed by atoms with Crippen molar-refractivity contribution < 1.29 is 0 Å². The van der Waals surface area contributed by atoms with Crippen LogP contribution in [0.3, 0.4) is 0 Å². The molecule has 0 spiro atoms. The zero-order valence-electron chi connectivity index (χ0n) is 27.9. The van der Waals surface area contributed by atoms with Crippen molar-refractivity contribution in [2.75, 3.05) is 0 Å². The van der Waals surface area contributed by atoms with Gasteiger partial charge in [-0.2, -0.15) is 9.97 Å². The Labute approximate surface area is 294 Å². The molecule has 10 aromatic rings. The van der Waals surface area contributed by atoms with E-state index in [1.54, 1.807) is 0 Å². The van der Waals surface area contributed by atoms with Crippen LogP contribution in [0.25, 0.3) is 89.2 Å². The molecule has 240 valence electrons. The van der Waals surface area contributed by atoms with Crippen LogP contribution < -0.4 is 0 Å². The highest BCUT2D eigenvalue weighted by Gasteiger charge is 2.19. The van der Waals surface area contributed by atoms with Gasteiger partial charge in [-0.3, -0.25) is 4.57 Å². The number of aryl methyl sites for hydroxylation is 1. The van der Waals surface area contributed by atoms with Gasteiger partial charge in [-0.05, 0) is 66.1 Å². The first-order valence-corrected chi connectivity index (χ1v) is 17.2. The van der Waals surface area contributed by atoms with Crippen LogP contribution in [0.1, 0.15) is 5.56 Å². The van der Waals surface area contributed by atoms with Gasteiger partial charge >= 0.3 is 0 Å². The van der Waals surface area contributed by atoms with Crippen LogP contribution in [0.5, 0.6) is 0 Å². The Morgan fingerprint density at radius 1 is 0.353 bits per heavy atom. The summed E-state index contributed by atoms with van der Waals surface area (Å²) in [4.78, 5) is 15.1. The lowest BCUT2D eigenvalue weighted by Crippen LogP contribution is -2.06. The van der Waals surface area contributed by atoms with E-state index in [1.165, 1.54) is 38.6 Å². The van der Waals surface area contributed by atoms with E-state index in [1.807, 2.05) is 60.7 Å². The first-order valence-electron chi connectivity index (χ1n) is 17.2. The van der Waals surface area contributed by atoms with E-state index in [-0.39, 0.29) is 0 Å². The van der Waals surface area contributed by atoms with Crippen LogP contribution in [0, 0.1) is 6.92 Å². The van der Waals surface area contributed by atoms with Gasteiger partial charge < -0.3 is 4.57 Å². The van der Waals surface area contributed by atoms with Crippen molar-refractivity contribution in [2.45, 2.75) is 6.92 Å². The fraction of sp³-hybridized carbons (Fsp3) is 0.0217. The molecular weight excluding hydrogens is 623 g/mol. The third-order valence-electron chi connectivity index (χ3n) is 9.92. The van der Waals surface area contributed by atoms with Crippen molar-refractivity contribution in [3.8, 4) is 45.5 Å². The Kier molecular flexibility index (Phi) is 6.64. The highest BCUT2D eigenvalue weighted by atomic mass is 15.2. The second kappa shape index (κ2) is 11.6. The van der Waals surface area contributed by atoms with Crippen LogP contribution in [0.2, 0.25) is 0 Å². The van der Waals surface area contributed by atoms with Crippen molar-refractivity contribution >= 4 is 43.6 Å². The van der Waals surface area contributed by atoms with Gasteiger partial charge in [0, 0.05) is 38.4 Å². The Morgan fingerprint density at radius 2 is 0.804 bits per heavy atom. The van der Waals surface area contributed by atoms with Gasteiger partial charge in [-0.1, -0.05) is 127 Å². The van der Waals surface area contributed by atoms with Crippen LogP contribution in [-0.4, -0.2) is 24.1 Å². The van der Waals surface area contributed by atoms with Crippen molar-refractivity contribution in [3.63, 3.8) is 0 Å². The van der Waals surface area contributed by atoms with E-state index in [9.17, 15) is 0 Å². The maximum atomic E-state index is 5.09. The molecule has 0 bridgehead atoms. The maximum Gasteiger partial charge on any atom is 0.238 e. The van der Waals surface area contributed by atoms with Crippen molar-refractivity contribution in [2.24, 2.45) is 0 Å². The summed E-state index contributed by atoms with van der Waals surface area (Å²) in [5.41, 5.74) is 11.2. The Balaban J connectivity index is 1.17. The molecule has 0 N–H and O–H groups in total. The maximum absolute atomic E-state index is 5.09. The van der Waals surface area contributed by atoms with Gasteiger partial charge in [0.1, 0.15) is 0 Å². The smallest absolute Gasteiger partial charge is 0.238 e. The largest absolute Gasteiger partial charge is 0.309 e. The first kappa shape index (κ1) is 29.1. The van der Waals surface area contributed by atoms with Crippen molar-refractivity contribution in [1.82, 2.24) is 24.1 Å². The number of nitrogens with zero attached hydrogens (tertiary/aromatic N) is 5. The molecule has 0 aliphatic heterocycles. The SMILES string of the molecule is Cc1ccccc1-n1c2ccccc2c2cc(-c3ccc4c(c3)c3ccccc3n4-c3nc(-c4ccccc4)nc(-c4ccccc4)n3)ccc21. The fourth-order valence-electron chi connectivity index (χ4n) is 7.49. The molecule has 0 atom stereocenters. The molecule has 3 heterocycles. The van der Waals surface area contributed by atoms with Crippen LogP contribution >= 0.6 is 0 Å². The third-order valence-corrected chi connectivity index (χ3v) is 9.92. The lowest BCUT2D eigenvalue weighted by Gasteiger charge is -2.11. The van der Waals surface area contributed by atoms with Gasteiger partial charge in [-0.25, -0.2) is 4.98 Å². The molecule has 0 saturated carbocycles. The Bertz CT molecular complexity index is 2860. The molecule has 0 fully saturated rings. The summed E-state index contributed by atoms with van der Waals surface area (Å²) in [6, 6.07) is 59.7. The van der Waals surface area contributed by atoms with E-state index in [0.717, 1.165) is 38.5 Å². The van der Waals surface area contributed by atoms with Gasteiger partial charge in [-0.15, -0.1) is 0 Å². The van der Waals surface area contributed by atoms with E-state index in [2.05, 4.69) is 125 Å².